The Kier molecular flexibility index (Phi) is 5.33. The van der Waals surface area contributed by atoms with Crippen molar-refractivity contribution in [2.75, 3.05) is 11.9 Å². The van der Waals surface area contributed by atoms with E-state index in [0.29, 0.717) is 18.0 Å². The van der Waals surface area contributed by atoms with Gasteiger partial charge < -0.3 is 15.4 Å². The van der Waals surface area contributed by atoms with Gasteiger partial charge in [-0.05, 0) is 56.5 Å². The number of rotatable bonds is 6. The van der Waals surface area contributed by atoms with E-state index in [1.165, 1.54) is 5.56 Å². The van der Waals surface area contributed by atoms with Gasteiger partial charge in [-0.15, -0.1) is 0 Å². The first kappa shape index (κ1) is 17.8. The van der Waals surface area contributed by atoms with E-state index in [1.807, 2.05) is 31.2 Å². The molecular formula is C20H23BrN2O2. The summed E-state index contributed by atoms with van der Waals surface area (Å²) in [4.78, 5) is 12.5. The number of anilines is 1. The molecule has 1 saturated carbocycles. The van der Waals surface area contributed by atoms with E-state index in [-0.39, 0.29) is 17.5 Å². The molecule has 1 aliphatic carbocycles. The molecule has 5 heteroatoms. The first-order valence-corrected chi connectivity index (χ1v) is 9.40. The Labute approximate surface area is 157 Å². The summed E-state index contributed by atoms with van der Waals surface area (Å²) in [6.45, 7) is 4.56. The minimum Gasteiger partial charge on any atom is -0.492 e. The van der Waals surface area contributed by atoms with Crippen LogP contribution < -0.4 is 15.4 Å². The minimum atomic E-state index is -0.206. The molecule has 2 aromatic carbocycles. The van der Waals surface area contributed by atoms with E-state index in [0.717, 1.165) is 17.3 Å². The fourth-order valence-corrected chi connectivity index (χ4v) is 3.50. The van der Waals surface area contributed by atoms with Crippen LogP contribution in [-0.2, 0) is 5.41 Å². The highest BCUT2D eigenvalue weighted by Crippen LogP contribution is 2.51. The molecule has 0 aromatic heterocycles. The molecule has 0 bridgehead atoms. The topological polar surface area (TPSA) is 50.4 Å². The number of amides is 2. The van der Waals surface area contributed by atoms with Gasteiger partial charge in [0.2, 0.25) is 0 Å². The highest BCUT2D eigenvalue weighted by atomic mass is 79.9. The van der Waals surface area contributed by atoms with Crippen LogP contribution in [0.25, 0.3) is 0 Å². The third kappa shape index (κ3) is 3.98. The zero-order valence-electron chi connectivity index (χ0n) is 14.5. The SMILES string of the molecule is CCOc1ccccc1NC(=O)NC(C)C1(c2ccc(Br)cc2)CC1. The molecule has 4 nitrogen and oxygen atoms in total. The average molecular weight is 403 g/mol. The van der Waals surface area contributed by atoms with Crippen molar-refractivity contribution in [3.63, 3.8) is 0 Å². The molecule has 132 valence electrons. The fraction of sp³-hybridized carbons (Fsp3) is 0.350. The minimum absolute atomic E-state index is 0.0392. The molecule has 1 unspecified atom stereocenters. The highest BCUT2D eigenvalue weighted by Gasteiger charge is 2.49. The second-order valence-electron chi connectivity index (χ2n) is 6.41. The van der Waals surface area contributed by atoms with E-state index >= 15 is 0 Å². The van der Waals surface area contributed by atoms with Gasteiger partial charge in [-0.2, -0.15) is 0 Å². The molecule has 2 aromatic rings. The summed E-state index contributed by atoms with van der Waals surface area (Å²) < 4.78 is 6.62. The molecule has 1 aliphatic rings. The third-order valence-corrected chi connectivity index (χ3v) is 5.35. The highest BCUT2D eigenvalue weighted by molar-refractivity contribution is 9.10. The first-order chi connectivity index (χ1) is 12.0. The predicted molar refractivity (Wildman–Crippen MR) is 104 cm³/mol. The summed E-state index contributed by atoms with van der Waals surface area (Å²) in [5.41, 5.74) is 2.00. The lowest BCUT2D eigenvalue weighted by Gasteiger charge is -2.25. The van der Waals surface area contributed by atoms with Gasteiger partial charge in [0.1, 0.15) is 5.75 Å². The van der Waals surface area contributed by atoms with Gasteiger partial charge in [0.05, 0.1) is 12.3 Å². The summed E-state index contributed by atoms with van der Waals surface area (Å²) in [5.74, 6) is 0.682. The van der Waals surface area contributed by atoms with Crippen LogP contribution in [0.1, 0.15) is 32.3 Å². The lowest BCUT2D eigenvalue weighted by Crippen LogP contribution is -2.43. The first-order valence-electron chi connectivity index (χ1n) is 8.60. The van der Waals surface area contributed by atoms with Crippen LogP contribution in [0, 0.1) is 0 Å². The number of nitrogens with one attached hydrogen (secondary N) is 2. The molecule has 2 N–H and O–H groups in total. The quantitative estimate of drug-likeness (QED) is 0.706. The molecule has 0 saturated heterocycles. The number of hydrogen-bond donors (Lipinski definition) is 2. The monoisotopic (exact) mass is 402 g/mol. The molecule has 0 heterocycles. The number of carbonyl (C=O) groups excluding carboxylic acids is 1. The van der Waals surface area contributed by atoms with E-state index in [4.69, 9.17) is 4.74 Å². The Bertz CT molecular complexity index is 742. The number of benzene rings is 2. The van der Waals surface area contributed by atoms with Gasteiger partial charge in [0.25, 0.3) is 0 Å². The van der Waals surface area contributed by atoms with Gasteiger partial charge in [0, 0.05) is 15.9 Å². The van der Waals surface area contributed by atoms with Crippen molar-refractivity contribution in [2.24, 2.45) is 0 Å². The molecule has 1 fully saturated rings. The standard InChI is InChI=1S/C20H23BrN2O2/c1-3-25-18-7-5-4-6-17(18)23-19(24)22-14(2)20(12-13-20)15-8-10-16(21)11-9-15/h4-11,14H,3,12-13H2,1-2H3,(H2,22,23,24). The summed E-state index contributed by atoms with van der Waals surface area (Å²) in [7, 11) is 0. The smallest absolute Gasteiger partial charge is 0.319 e. The van der Waals surface area contributed by atoms with Crippen LogP contribution in [0.3, 0.4) is 0 Å². The second kappa shape index (κ2) is 7.48. The summed E-state index contributed by atoms with van der Waals surface area (Å²) in [5, 5.41) is 6.00. The van der Waals surface area contributed by atoms with Crippen LogP contribution in [0.2, 0.25) is 0 Å². The Morgan fingerprint density at radius 2 is 1.88 bits per heavy atom. The van der Waals surface area contributed by atoms with Crippen LogP contribution in [0.4, 0.5) is 10.5 Å². The van der Waals surface area contributed by atoms with Crippen molar-refractivity contribution >= 4 is 27.6 Å². The van der Waals surface area contributed by atoms with Crippen LogP contribution in [-0.4, -0.2) is 18.7 Å². The predicted octanol–water partition coefficient (Wildman–Crippen LogP) is 5.09. The number of carbonyl (C=O) groups is 1. The molecule has 2 amide bonds. The molecule has 0 aliphatic heterocycles. The number of para-hydroxylation sites is 2. The van der Waals surface area contributed by atoms with E-state index in [2.05, 4.69) is 57.8 Å². The van der Waals surface area contributed by atoms with Crippen molar-refractivity contribution in [3.8, 4) is 5.75 Å². The van der Waals surface area contributed by atoms with Crippen molar-refractivity contribution in [3.05, 3.63) is 58.6 Å². The molecule has 25 heavy (non-hydrogen) atoms. The Balaban J connectivity index is 1.66. The summed E-state index contributed by atoms with van der Waals surface area (Å²) >= 11 is 3.47. The van der Waals surface area contributed by atoms with Crippen molar-refractivity contribution in [2.45, 2.75) is 38.1 Å². The largest absolute Gasteiger partial charge is 0.492 e. The summed E-state index contributed by atoms with van der Waals surface area (Å²) in [6, 6.07) is 15.7. The molecule has 0 spiro atoms. The van der Waals surface area contributed by atoms with Gasteiger partial charge in [-0.25, -0.2) is 4.79 Å². The lowest BCUT2D eigenvalue weighted by atomic mass is 9.89. The zero-order valence-corrected chi connectivity index (χ0v) is 16.1. The Morgan fingerprint density at radius 1 is 1.20 bits per heavy atom. The molecule has 0 radical (unpaired) electrons. The normalized spacial score (nSPS) is 16.0. The van der Waals surface area contributed by atoms with Crippen LogP contribution in [0.5, 0.6) is 5.75 Å². The number of ether oxygens (including phenoxy) is 1. The number of hydrogen-bond acceptors (Lipinski definition) is 2. The molecule has 1 atom stereocenters. The van der Waals surface area contributed by atoms with Crippen molar-refractivity contribution in [1.29, 1.82) is 0 Å². The third-order valence-electron chi connectivity index (χ3n) is 4.82. The Hall–Kier alpha value is -2.01. The van der Waals surface area contributed by atoms with E-state index in [1.54, 1.807) is 0 Å². The second-order valence-corrected chi connectivity index (χ2v) is 7.33. The van der Waals surface area contributed by atoms with E-state index < -0.39 is 0 Å². The lowest BCUT2D eigenvalue weighted by molar-refractivity contribution is 0.246. The van der Waals surface area contributed by atoms with Gasteiger partial charge in [-0.1, -0.05) is 40.2 Å². The van der Waals surface area contributed by atoms with E-state index in [9.17, 15) is 4.79 Å². The van der Waals surface area contributed by atoms with Crippen LogP contribution >= 0.6 is 15.9 Å². The van der Waals surface area contributed by atoms with Crippen molar-refractivity contribution in [1.82, 2.24) is 5.32 Å². The molecular weight excluding hydrogens is 380 g/mol. The molecule has 3 rings (SSSR count). The maximum atomic E-state index is 12.5. The van der Waals surface area contributed by atoms with Crippen LogP contribution in [0.15, 0.2) is 53.0 Å². The van der Waals surface area contributed by atoms with Gasteiger partial charge in [0.15, 0.2) is 0 Å². The zero-order chi connectivity index (χ0) is 17.9. The number of halogens is 1. The van der Waals surface area contributed by atoms with Gasteiger partial charge in [-0.3, -0.25) is 0 Å². The number of urea groups is 1. The van der Waals surface area contributed by atoms with Crippen molar-refractivity contribution < 1.29 is 9.53 Å². The average Bonchev–Trinajstić information content (AvgIpc) is 3.39. The maximum Gasteiger partial charge on any atom is 0.319 e. The van der Waals surface area contributed by atoms with Gasteiger partial charge >= 0.3 is 6.03 Å². The summed E-state index contributed by atoms with van der Waals surface area (Å²) in [6.07, 6.45) is 2.18. The maximum absolute atomic E-state index is 12.5. The Morgan fingerprint density at radius 3 is 2.52 bits per heavy atom. The fourth-order valence-electron chi connectivity index (χ4n) is 3.23.